The number of H-pyrrole nitrogens is 1. The average Bonchev–Trinajstić information content (AvgIpc) is 3.07. The highest BCUT2D eigenvalue weighted by Gasteiger charge is 2.25. The van der Waals surface area contributed by atoms with E-state index in [1.54, 1.807) is 6.20 Å². The summed E-state index contributed by atoms with van der Waals surface area (Å²) < 4.78 is 2.24. The van der Waals surface area contributed by atoms with Gasteiger partial charge in [-0.2, -0.15) is 5.10 Å². The van der Waals surface area contributed by atoms with E-state index >= 15 is 0 Å². The lowest BCUT2D eigenvalue weighted by Gasteiger charge is -2.30. The van der Waals surface area contributed by atoms with Gasteiger partial charge in [-0.25, -0.2) is 10.1 Å². The SMILES string of the molecule is C[C@@H](c1ccccc1)n1cnc2c1CCN(c1cn[nH]c(=O)c1Cl)C2. The Bertz CT molecular complexity index is 950. The number of benzene rings is 1. The van der Waals surface area contributed by atoms with Crippen LogP contribution in [-0.2, 0) is 13.0 Å². The van der Waals surface area contributed by atoms with Gasteiger partial charge < -0.3 is 9.47 Å². The minimum absolute atomic E-state index is 0.176. The molecule has 1 aliphatic heterocycles. The molecule has 25 heavy (non-hydrogen) atoms. The molecule has 2 aromatic heterocycles. The smallest absolute Gasteiger partial charge is 0.285 e. The number of imidazole rings is 1. The van der Waals surface area contributed by atoms with Crippen LogP contribution in [0.1, 0.15) is 29.9 Å². The maximum Gasteiger partial charge on any atom is 0.285 e. The van der Waals surface area contributed by atoms with Crippen LogP contribution in [0.4, 0.5) is 5.69 Å². The van der Waals surface area contributed by atoms with Gasteiger partial charge >= 0.3 is 0 Å². The van der Waals surface area contributed by atoms with Crippen molar-refractivity contribution in [3.8, 4) is 0 Å². The third-order valence-electron chi connectivity index (χ3n) is 4.76. The summed E-state index contributed by atoms with van der Waals surface area (Å²) in [4.78, 5) is 18.3. The lowest BCUT2D eigenvalue weighted by atomic mass is 10.1. The van der Waals surface area contributed by atoms with Crippen LogP contribution in [0.25, 0.3) is 0 Å². The summed E-state index contributed by atoms with van der Waals surface area (Å²) in [5.41, 5.74) is 3.80. The third-order valence-corrected chi connectivity index (χ3v) is 5.12. The monoisotopic (exact) mass is 355 g/mol. The molecule has 1 N–H and O–H groups in total. The van der Waals surface area contributed by atoms with Crippen LogP contribution in [-0.4, -0.2) is 26.3 Å². The molecule has 0 bridgehead atoms. The van der Waals surface area contributed by atoms with E-state index in [0.717, 1.165) is 18.7 Å². The van der Waals surface area contributed by atoms with Crippen molar-refractivity contribution in [1.82, 2.24) is 19.7 Å². The minimum atomic E-state index is -0.367. The van der Waals surface area contributed by atoms with Crippen molar-refractivity contribution in [2.75, 3.05) is 11.4 Å². The molecule has 0 amide bonds. The number of aromatic nitrogens is 4. The number of rotatable bonds is 3. The highest BCUT2D eigenvalue weighted by Crippen LogP contribution is 2.29. The van der Waals surface area contributed by atoms with Gasteiger partial charge in [0.2, 0.25) is 0 Å². The first-order chi connectivity index (χ1) is 12.1. The second-order valence-electron chi connectivity index (χ2n) is 6.20. The Morgan fingerprint density at radius 2 is 2.08 bits per heavy atom. The maximum absolute atomic E-state index is 11.7. The summed E-state index contributed by atoms with van der Waals surface area (Å²) in [7, 11) is 0. The van der Waals surface area contributed by atoms with Crippen molar-refractivity contribution in [2.45, 2.75) is 25.9 Å². The van der Waals surface area contributed by atoms with Crippen molar-refractivity contribution in [3.05, 3.63) is 75.2 Å². The fourth-order valence-corrected chi connectivity index (χ4v) is 3.57. The van der Waals surface area contributed by atoms with E-state index in [1.165, 1.54) is 11.3 Å². The number of halogens is 1. The molecule has 128 valence electrons. The summed E-state index contributed by atoms with van der Waals surface area (Å²) >= 11 is 6.14. The zero-order valence-corrected chi connectivity index (χ0v) is 14.6. The molecular formula is C18H18ClN5O. The molecule has 4 rings (SSSR count). The van der Waals surface area contributed by atoms with Crippen LogP contribution >= 0.6 is 11.6 Å². The Morgan fingerprint density at radius 3 is 2.88 bits per heavy atom. The summed E-state index contributed by atoms with van der Waals surface area (Å²) in [5, 5.41) is 6.39. The molecular weight excluding hydrogens is 338 g/mol. The molecule has 1 aromatic carbocycles. The number of hydrogen-bond acceptors (Lipinski definition) is 4. The van der Waals surface area contributed by atoms with Gasteiger partial charge in [0.05, 0.1) is 36.5 Å². The van der Waals surface area contributed by atoms with E-state index in [-0.39, 0.29) is 16.6 Å². The van der Waals surface area contributed by atoms with Gasteiger partial charge in [0.1, 0.15) is 5.02 Å². The van der Waals surface area contributed by atoms with Crippen LogP contribution in [0.5, 0.6) is 0 Å². The molecule has 7 heteroatoms. The molecule has 1 atom stereocenters. The lowest BCUT2D eigenvalue weighted by Crippen LogP contribution is -2.33. The van der Waals surface area contributed by atoms with E-state index in [2.05, 4.69) is 55.8 Å². The second-order valence-corrected chi connectivity index (χ2v) is 6.58. The van der Waals surface area contributed by atoms with Crippen molar-refractivity contribution < 1.29 is 0 Å². The molecule has 0 spiro atoms. The Hall–Kier alpha value is -2.60. The van der Waals surface area contributed by atoms with Gasteiger partial charge in [-0.1, -0.05) is 41.9 Å². The summed E-state index contributed by atoms with van der Waals surface area (Å²) in [6.45, 7) is 3.57. The van der Waals surface area contributed by atoms with Crippen molar-refractivity contribution in [1.29, 1.82) is 0 Å². The summed E-state index contributed by atoms with van der Waals surface area (Å²) in [6, 6.07) is 10.6. The lowest BCUT2D eigenvalue weighted by molar-refractivity contribution is 0.587. The van der Waals surface area contributed by atoms with E-state index in [0.29, 0.717) is 12.2 Å². The number of nitrogens with zero attached hydrogens (tertiary/aromatic N) is 4. The van der Waals surface area contributed by atoms with Gasteiger partial charge in [0.15, 0.2) is 0 Å². The van der Waals surface area contributed by atoms with Crippen molar-refractivity contribution in [2.24, 2.45) is 0 Å². The first-order valence-corrected chi connectivity index (χ1v) is 8.60. The van der Waals surface area contributed by atoms with Crippen LogP contribution < -0.4 is 10.5 Å². The largest absolute Gasteiger partial charge is 0.362 e. The number of nitrogens with one attached hydrogen (secondary N) is 1. The summed E-state index contributed by atoms with van der Waals surface area (Å²) in [6.07, 6.45) is 4.34. The third kappa shape index (κ3) is 2.82. The van der Waals surface area contributed by atoms with Gasteiger partial charge in [0, 0.05) is 18.7 Å². The fourth-order valence-electron chi connectivity index (χ4n) is 3.36. The highest BCUT2D eigenvalue weighted by atomic mass is 35.5. The first-order valence-electron chi connectivity index (χ1n) is 8.23. The fraction of sp³-hybridized carbons (Fsp3) is 0.278. The zero-order chi connectivity index (χ0) is 17.4. The molecule has 0 saturated carbocycles. The molecule has 3 heterocycles. The number of anilines is 1. The van der Waals surface area contributed by atoms with Crippen molar-refractivity contribution >= 4 is 17.3 Å². The van der Waals surface area contributed by atoms with E-state index in [1.807, 2.05) is 12.4 Å². The molecule has 0 aliphatic carbocycles. The Morgan fingerprint density at radius 1 is 1.28 bits per heavy atom. The predicted molar refractivity (Wildman–Crippen MR) is 97.1 cm³/mol. The number of fused-ring (bicyclic) bond motifs is 1. The van der Waals surface area contributed by atoms with Crippen LogP contribution in [0.15, 0.2) is 47.7 Å². The minimum Gasteiger partial charge on any atom is -0.362 e. The quantitative estimate of drug-likeness (QED) is 0.784. The van der Waals surface area contributed by atoms with Crippen LogP contribution in [0, 0.1) is 0 Å². The predicted octanol–water partition coefficient (Wildman–Crippen LogP) is 2.79. The molecule has 0 unspecified atom stereocenters. The Balaban J connectivity index is 1.63. The zero-order valence-electron chi connectivity index (χ0n) is 13.8. The number of aromatic amines is 1. The topological polar surface area (TPSA) is 66.8 Å². The average molecular weight is 356 g/mol. The number of hydrogen-bond donors (Lipinski definition) is 1. The van der Waals surface area contributed by atoms with E-state index in [4.69, 9.17) is 11.6 Å². The summed E-state index contributed by atoms with van der Waals surface area (Å²) in [5.74, 6) is 0. The van der Waals surface area contributed by atoms with Gasteiger partial charge in [-0.05, 0) is 12.5 Å². The van der Waals surface area contributed by atoms with E-state index in [9.17, 15) is 4.79 Å². The molecule has 0 radical (unpaired) electrons. The van der Waals surface area contributed by atoms with Crippen molar-refractivity contribution in [3.63, 3.8) is 0 Å². The van der Waals surface area contributed by atoms with Gasteiger partial charge in [-0.3, -0.25) is 4.79 Å². The van der Waals surface area contributed by atoms with Gasteiger partial charge in [-0.15, -0.1) is 0 Å². The van der Waals surface area contributed by atoms with Crippen LogP contribution in [0.3, 0.4) is 0 Å². The molecule has 1 aliphatic rings. The first kappa shape index (κ1) is 15.9. The molecule has 0 saturated heterocycles. The maximum atomic E-state index is 11.7. The van der Waals surface area contributed by atoms with E-state index < -0.39 is 0 Å². The second kappa shape index (κ2) is 6.37. The van der Waals surface area contributed by atoms with Crippen LogP contribution in [0.2, 0.25) is 5.02 Å². The Kier molecular flexibility index (Phi) is 4.05. The normalized spacial score (nSPS) is 15.0. The van der Waals surface area contributed by atoms with Gasteiger partial charge in [0.25, 0.3) is 5.56 Å². The Labute approximate surface area is 150 Å². The molecule has 3 aromatic rings. The highest BCUT2D eigenvalue weighted by molar-refractivity contribution is 6.32. The standard InChI is InChI=1S/C18H18ClN5O/c1-12(13-5-3-2-4-6-13)24-11-20-14-10-23(8-7-15(14)24)16-9-21-22-18(25)17(16)19/h2-6,9,11-12H,7-8,10H2,1H3,(H,22,25)/t12-/m0/s1. The molecule has 6 nitrogen and oxygen atoms in total. The molecule has 0 fully saturated rings.